The number of nitrogens with one attached hydrogen (secondary N) is 1. The molecule has 0 aliphatic heterocycles. The lowest BCUT2D eigenvalue weighted by Gasteiger charge is -2.28. The van der Waals surface area contributed by atoms with Gasteiger partial charge in [-0.2, -0.15) is 5.10 Å². The van der Waals surface area contributed by atoms with Gasteiger partial charge in [-0.3, -0.25) is 9.67 Å². The summed E-state index contributed by atoms with van der Waals surface area (Å²) < 4.78 is 2.20. The Bertz CT molecular complexity index is 888. The molecule has 1 aliphatic rings. The van der Waals surface area contributed by atoms with Gasteiger partial charge in [-0.05, 0) is 52.2 Å². The summed E-state index contributed by atoms with van der Waals surface area (Å²) >= 11 is 0. The van der Waals surface area contributed by atoms with E-state index in [1.165, 1.54) is 23.1 Å². The van der Waals surface area contributed by atoms with E-state index < -0.39 is 0 Å². The zero-order chi connectivity index (χ0) is 17.4. The molecule has 2 aromatic heterocycles. The van der Waals surface area contributed by atoms with Crippen molar-refractivity contribution < 1.29 is 0 Å². The van der Waals surface area contributed by atoms with E-state index in [9.17, 15) is 0 Å². The number of benzene rings is 1. The molecule has 130 valence electrons. The Labute approximate surface area is 149 Å². The van der Waals surface area contributed by atoms with Crippen molar-refractivity contribution in [2.24, 2.45) is 0 Å². The highest BCUT2D eigenvalue weighted by Gasteiger charge is 2.27. The maximum Gasteiger partial charge on any atom is 0.0705 e. The number of aromatic nitrogens is 3. The second-order valence-electron chi connectivity index (χ2n) is 7.95. The SMILES string of the molecule is CC(C)(C)n1ncc2c1CCCC2NCc1ccc2ccccc2n1. The molecule has 1 aromatic carbocycles. The summed E-state index contributed by atoms with van der Waals surface area (Å²) in [6, 6.07) is 12.9. The third-order valence-corrected chi connectivity index (χ3v) is 5.00. The molecule has 0 radical (unpaired) electrons. The van der Waals surface area contributed by atoms with Gasteiger partial charge in [-0.15, -0.1) is 0 Å². The Hall–Kier alpha value is -2.20. The zero-order valence-electron chi connectivity index (χ0n) is 15.3. The quantitative estimate of drug-likeness (QED) is 0.774. The first-order valence-electron chi connectivity index (χ1n) is 9.18. The second-order valence-corrected chi connectivity index (χ2v) is 7.95. The third kappa shape index (κ3) is 3.19. The summed E-state index contributed by atoms with van der Waals surface area (Å²) in [4.78, 5) is 4.78. The first-order valence-corrected chi connectivity index (χ1v) is 9.18. The molecule has 0 bridgehead atoms. The molecule has 1 atom stereocenters. The largest absolute Gasteiger partial charge is 0.304 e. The van der Waals surface area contributed by atoms with Gasteiger partial charge in [-0.25, -0.2) is 0 Å². The number of para-hydroxylation sites is 1. The van der Waals surface area contributed by atoms with E-state index in [0.717, 1.165) is 30.6 Å². The van der Waals surface area contributed by atoms with Crippen molar-refractivity contribution in [2.45, 2.75) is 58.2 Å². The Morgan fingerprint density at radius 2 is 2.00 bits per heavy atom. The summed E-state index contributed by atoms with van der Waals surface area (Å²) in [6.07, 6.45) is 5.55. The van der Waals surface area contributed by atoms with Crippen molar-refractivity contribution in [3.05, 3.63) is 59.5 Å². The first-order chi connectivity index (χ1) is 12.0. The molecule has 4 rings (SSSR count). The fourth-order valence-electron chi connectivity index (χ4n) is 3.78. The van der Waals surface area contributed by atoms with Crippen molar-refractivity contribution in [1.29, 1.82) is 0 Å². The number of nitrogens with zero attached hydrogens (tertiary/aromatic N) is 3. The lowest BCUT2D eigenvalue weighted by atomic mass is 9.92. The van der Waals surface area contributed by atoms with Crippen LogP contribution in [0.25, 0.3) is 10.9 Å². The summed E-state index contributed by atoms with van der Waals surface area (Å²) in [5.74, 6) is 0. The molecule has 3 aromatic rings. The van der Waals surface area contributed by atoms with Crippen LogP contribution in [0.1, 0.15) is 56.6 Å². The first kappa shape index (κ1) is 16.3. The fourth-order valence-corrected chi connectivity index (χ4v) is 3.78. The van der Waals surface area contributed by atoms with Crippen LogP contribution in [-0.4, -0.2) is 14.8 Å². The molecule has 0 amide bonds. The Balaban J connectivity index is 1.53. The third-order valence-electron chi connectivity index (χ3n) is 5.00. The minimum atomic E-state index is 0.0371. The summed E-state index contributed by atoms with van der Waals surface area (Å²) in [6.45, 7) is 7.44. The predicted octanol–water partition coefficient (Wildman–Crippen LogP) is 4.35. The standard InChI is InChI=1S/C21H26N4/c1-21(2,3)25-20-10-6-9-19(17(20)14-23-25)22-13-16-12-11-15-7-4-5-8-18(15)24-16/h4-5,7-8,11-12,14,19,22H,6,9-10,13H2,1-3H3. The monoisotopic (exact) mass is 334 g/mol. The van der Waals surface area contributed by atoms with E-state index in [-0.39, 0.29) is 5.54 Å². The smallest absolute Gasteiger partial charge is 0.0705 e. The molecule has 0 spiro atoms. The maximum atomic E-state index is 4.78. The van der Waals surface area contributed by atoms with Crippen LogP contribution in [0, 0.1) is 0 Å². The molecular weight excluding hydrogens is 308 g/mol. The van der Waals surface area contributed by atoms with E-state index in [4.69, 9.17) is 4.98 Å². The Morgan fingerprint density at radius 3 is 2.84 bits per heavy atom. The van der Waals surface area contributed by atoms with Gasteiger partial charge in [0.15, 0.2) is 0 Å². The van der Waals surface area contributed by atoms with E-state index >= 15 is 0 Å². The number of hydrogen-bond donors (Lipinski definition) is 1. The number of pyridine rings is 1. The molecule has 0 fully saturated rings. The molecule has 25 heavy (non-hydrogen) atoms. The minimum absolute atomic E-state index is 0.0371. The van der Waals surface area contributed by atoms with Gasteiger partial charge in [0.2, 0.25) is 0 Å². The highest BCUT2D eigenvalue weighted by Crippen LogP contribution is 2.32. The van der Waals surface area contributed by atoms with Gasteiger partial charge in [0, 0.05) is 29.2 Å². The van der Waals surface area contributed by atoms with Crippen LogP contribution in [0.15, 0.2) is 42.6 Å². The molecule has 4 nitrogen and oxygen atoms in total. The van der Waals surface area contributed by atoms with Crippen LogP contribution >= 0.6 is 0 Å². The van der Waals surface area contributed by atoms with E-state index in [0.29, 0.717) is 6.04 Å². The van der Waals surface area contributed by atoms with Crippen molar-refractivity contribution >= 4 is 10.9 Å². The molecule has 1 unspecified atom stereocenters. The van der Waals surface area contributed by atoms with Crippen LogP contribution < -0.4 is 5.32 Å². The fraction of sp³-hybridized carbons (Fsp3) is 0.429. The van der Waals surface area contributed by atoms with Crippen LogP contribution in [0.4, 0.5) is 0 Å². The molecule has 4 heteroatoms. The molecule has 1 N–H and O–H groups in total. The van der Waals surface area contributed by atoms with Crippen LogP contribution in [-0.2, 0) is 18.5 Å². The minimum Gasteiger partial charge on any atom is -0.304 e. The lowest BCUT2D eigenvalue weighted by molar-refractivity contribution is 0.334. The Kier molecular flexibility index (Phi) is 4.08. The van der Waals surface area contributed by atoms with E-state index in [2.05, 4.69) is 72.4 Å². The lowest BCUT2D eigenvalue weighted by Crippen LogP contribution is -2.29. The van der Waals surface area contributed by atoms with Gasteiger partial charge < -0.3 is 5.32 Å². The van der Waals surface area contributed by atoms with Gasteiger partial charge >= 0.3 is 0 Å². The van der Waals surface area contributed by atoms with Crippen molar-refractivity contribution in [3.8, 4) is 0 Å². The Morgan fingerprint density at radius 1 is 1.16 bits per heavy atom. The van der Waals surface area contributed by atoms with Gasteiger partial charge in [-0.1, -0.05) is 24.3 Å². The molecule has 0 saturated heterocycles. The topological polar surface area (TPSA) is 42.7 Å². The van der Waals surface area contributed by atoms with Crippen molar-refractivity contribution in [1.82, 2.24) is 20.1 Å². The maximum absolute atomic E-state index is 4.78. The second kappa shape index (κ2) is 6.26. The zero-order valence-corrected chi connectivity index (χ0v) is 15.3. The van der Waals surface area contributed by atoms with Crippen LogP contribution in [0.2, 0.25) is 0 Å². The highest BCUT2D eigenvalue weighted by molar-refractivity contribution is 5.78. The molecular formula is C21H26N4. The number of hydrogen-bond acceptors (Lipinski definition) is 3. The highest BCUT2D eigenvalue weighted by atomic mass is 15.3. The average molecular weight is 334 g/mol. The van der Waals surface area contributed by atoms with Crippen LogP contribution in [0.5, 0.6) is 0 Å². The van der Waals surface area contributed by atoms with Crippen molar-refractivity contribution in [3.63, 3.8) is 0 Å². The number of rotatable bonds is 3. The number of fused-ring (bicyclic) bond motifs is 2. The summed E-state index contributed by atoms with van der Waals surface area (Å²) in [7, 11) is 0. The summed E-state index contributed by atoms with van der Waals surface area (Å²) in [5, 5.41) is 9.58. The van der Waals surface area contributed by atoms with Crippen molar-refractivity contribution in [2.75, 3.05) is 0 Å². The average Bonchev–Trinajstić information content (AvgIpc) is 3.05. The summed E-state index contributed by atoms with van der Waals surface area (Å²) in [5.41, 5.74) is 4.94. The van der Waals surface area contributed by atoms with Gasteiger partial charge in [0.25, 0.3) is 0 Å². The molecule has 2 heterocycles. The van der Waals surface area contributed by atoms with E-state index in [1.54, 1.807) is 0 Å². The predicted molar refractivity (Wildman–Crippen MR) is 101 cm³/mol. The van der Waals surface area contributed by atoms with Gasteiger partial charge in [0.05, 0.1) is 22.9 Å². The molecule has 1 aliphatic carbocycles. The van der Waals surface area contributed by atoms with Gasteiger partial charge in [0.1, 0.15) is 0 Å². The van der Waals surface area contributed by atoms with E-state index in [1.807, 2.05) is 6.07 Å². The molecule has 0 saturated carbocycles. The van der Waals surface area contributed by atoms with Crippen LogP contribution in [0.3, 0.4) is 0 Å². The normalized spacial score (nSPS) is 17.6.